The molecule has 0 unspecified atom stereocenters. The molecule has 0 bridgehead atoms. The van der Waals surface area contributed by atoms with Crippen LogP contribution in [0.25, 0.3) is 0 Å². The molecule has 3 rings (SSSR count). The Kier molecular flexibility index (Phi) is 6.57. The second-order valence-corrected chi connectivity index (χ2v) is 6.78. The van der Waals surface area contributed by atoms with Gasteiger partial charge in [-0.15, -0.1) is 0 Å². The highest BCUT2D eigenvalue weighted by Gasteiger charge is 2.17. The lowest BCUT2D eigenvalue weighted by atomic mass is 10.3. The number of nitrogens with zero attached hydrogens (tertiary/aromatic N) is 2. The molecule has 0 spiro atoms. The highest BCUT2D eigenvalue weighted by Crippen LogP contribution is 2.36. The molecule has 0 saturated heterocycles. The average molecular weight is 440 g/mol. The molecule has 0 atom stereocenters. The van der Waals surface area contributed by atoms with Crippen molar-refractivity contribution in [2.45, 2.75) is 6.54 Å². The Morgan fingerprint density at radius 1 is 1.00 bits per heavy atom. The Morgan fingerprint density at radius 3 is 2.36 bits per heavy atom. The third-order valence-electron chi connectivity index (χ3n) is 3.55. The third kappa shape index (κ3) is 5.04. The van der Waals surface area contributed by atoms with E-state index in [2.05, 4.69) is 5.10 Å². The summed E-state index contributed by atoms with van der Waals surface area (Å²) in [6, 6.07) is 14.4. The number of para-hydroxylation sites is 1. The number of halogens is 3. The van der Waals surface area contributed by atoms with Gasteiger partial charge in [-0.05, 0) is 30.3 Å². The van der Waals surface area contributed by atoms with E-state index in [1.54, 1.807) is 12.1 Å². The first-order valence-corrected chi connectivity index (χ1v) is 9.20. The van der Waals surface area contributed by atoms with E-state index in [4.69, 9.17) is 44.3 Å². The molecular weight excluding hydrogens is 427 g/mol. The van der Waals surface area contributed by atoms with Gasteiger partial charge in [0.05, 0.1) is 16.6 Å². The largest absolute Gasteiger partial charge is 0.492 e. The number of benzene rings is 2. The smallest absolute Gasteiger partial charge is 0.364 e. The molecule has 0 fully saturated rings. The van der Waals surface area contributed by atoms with Gasteiger partial charge in [0.25, 0.3) is 5.56 Å². The highest BCUT2D eigenvalue weighted by molar-refractivity contribution is 6.40. The SMILES string of the molecule is O=C(Oc1c(Cl)cc(Cl)cc1Cl)c1ccc(=O)n(CCOc2ccccc2)n1. The number of hydrogen-bond acceptors (Lipinski definition) is 5. The molecule has 0 aliphatic rings. The zero-order chi connectivity index (χ0) is 20.1. The summed E-state index contributed by atoms with van der Waals surface area (Å²) in [5.74, 6) is -0.188. The molecule has 0 aliphatic carbocycles. The summed E-state index contributed by atoms with van der Waals surface area (Å²) >= 11 is 17.9. The molecule has 1 heterocycles. The molecule has 9 heteroatoms. The fourth-order valence-corrected chi connectivity index (χ4v) is 3.15. The molecular formula is C19H13Cl3N2O4. The maximum atomic E-state index is 12.4. The van der Waals surface area contributed by atoms with Crippen molar-refractivity contribution in [2.24, 2.45) is 0 Å². The van der Waals surface area contributed by atoms with Crippen molar-refractivity contribution in [2.75, 3.05) is 6.61 Å². The fourth-order valence-electron chi connectivity index (χ4n) is 2.26. The van der Waals surface area contributed by atoms with Gasteiger partial charge in [-0.1, -0.05) is 53.0 Å². The number of carbonyl (C=O) groups excluding carboxylic acids is 1. The minimum absolute atomic E-state index is 0.0373. The third-order valence-corrected chi connectivity index (χ3v) is 4.33. The Labute approximate surface area is 175 Å². The van der Waals surface area contributed by atoms with Gasteiger partial charge in [-0.25, -0.2) is 9.48 Å². The fraction of sp³-hybridized carbons (Fsp3) is 0.105. The number of rotatable bonds is 6. The van der Waals surface area contributed by atoms with Crippen molar-refractivity contribution in [3.05, 3.63) is 85.7 Å². The summed E-state index contributed by atoms with van der Waals surface area (Å²) < 4.78 is 11.9. The van der Waals surface area contributed by atoms with Gasteiger partial charge in [-0.3, -0.25) is 4.79 Å². The summed E-state index contributed by atoms with van der Waals surface area (Å²) in [7, 11) is 0. The molecule has 6 nitrogen and oxygen atoms in total. The standard InChI is InChI=1S/C19H13Cl3N2O4/c20-12-10-14(21)18(15(22)11-12)28-19(26)16-6-7-17(25)24(23-16)8-9-27-13-4-2-1-3-5-13/h1-7,10-11H,8-9H2. The minimum atomic E-state index is -0.816. The Hall–Kier alpha value is -2.54. The number of hydrogen-bond donors (Lipinski definition) is 0. The molecule has 28 heavy (non-hydrogen) atoms. The maximum absolute atomic E-state index is 12.4. The van der Waals surface area contributed by atoms with Crippen molar-refractivity contribution < 1.29 is 14.3 Å². The van der Waals surface area contributed by atoms with Crippen LogP contribution in [0.15, 0.2) is 59.4 Å². The van der Waals surface area contributed by atoms with E-state index < -0.39 is 5.97 Å². The van der Waals surface area contributed by atoms with E-state index in [-0.39, 0.29) is 40.2 Å². The van der Waals surface area contributed by atoms with Gasteiger partial charge < -0.3 is 9.47 Å². The summed E-state index contributed by atoms with van der Waals surface area (Å²) in [4.78, 5) is 24.4. The minimum Gasteiger partial charge on any atom is -0.492 e. The molecule has 0 amide bonds. The maximum Gasteiger partial charge on any atom is 0.364 e. The van der Waals surface area contributed by atoms with E-state index in [0.29, 0.717) is 10.8 Å². The van der Waals surface area contributed by atoms with E-state index in [9.17, 15) is 9.59 Å². The average Bonchev–Trinajstić information content (AvgIpc) is 2.67. The van der Waals surface area contributed by atoms with E-state index >= 15 is 0 Å². The number of carbonyl (C=O) groups is 1. The lowest BCUT2D eigenvalue weighted by molar-refractivity contribution is 0.0725. The first-order chi connectivity index (χ1) is 13.4. The van der Waals surface area contributed by atoms with Gasteiger partial charge in [0.2, 0.25) is 0 Å². The lowest BCUT2D eigenvalue weighted by Gasteiger charge is -2.10. The Bertz CT molecular complexity index is 1030. The molecule has 3 aromatic rings. The van der Waals surface area contributed by atoms with Crippen molar-refractivity contribution in [1.29, 1.82) is 0 Å². The zero-order valence-electron chi connectivity index (χ0n) is 14.3. The first kappa shape index (κ1) is 20.2. The van der Waals surface area contributed by atoms with Crippen molar-refractivity contribution in [3.8, 4) is 11.5 Å². The van der Waals surface area contributed by atoms with E-state index in [1.165, 1.54) is 24.3 Å². The second kappa shape index (κ2) is 9.10. The van der Waals surface area contributed by atoms with E-state index in [0.717, 1.165) is 4.68 Å². The summed E-state index contributed by atoms with van der Waals surface area (Å²) in [5, 5.41) is 4.48. The molecule has 0 radical (unpaired) electrons. The first-order valence-electron chi connectivity index (χ1n) is 8.07. The van der Waals surface area contributed by atoms with Crippen molar-refractivity contribution in [3.63, 3.8) is 0 Å². The predicted molar refractivity (Wildman–Crippen MR) is 107 cm³/mol. The van der Waals surface area contributed by atoms with Crippen LogP contribution < -0.4 is 15.0 Å². The normalized spacial score (nSPS) is 10.5. The molecule has 1 aromatic heterocycles. The van der Waals surface area contributed by atoms with Gasteiger partial charge in [0, 0.05) is 11.1 Å². The van der Waals surface area contributed by atoms with Crippen LogP contribution >= 0.6 is 34.8 Å². The molecule has 144 valence electrons. The van der Waals surface area contributed by atoms with Crippen LogP contribution in [-0.4, -0.2) is 22.4 Å². The summed E-state index contributed by atoms with van der Waals surface area (Å²) in [6.45, 7) is 0.349. The van der Waals surface area contributed by atoms with Crippen LogP contribution in [0.3, 0.4) is 0 Å². The van der Waals surface area contributed by atoms with Gasteiger partial charge >= 0.3 is 5.97 Å². The summed E-state index contributed by atoms with van der Waals surface area (Å²) in [5.41, 5.74) is -0.461. The highest BCUT2D eigenvalue weighted by atomic mass is 35.5. The molecule has 2 aromatic carbocycles. The second-order valence-electron chi connectivity index (χ2n) is 5.53. The van der Waals surface area contributed by atoms with Crippen molar-refractivity contribution in [1.82, 2.24) is 9.78 Å². The van der Waals surface area contributed by atoms with Crippen LogP contribution in [-0.2, 0) is 6.54 Å². The van der Waals surface area contributed by atoms with Gasteiger partial charge in [0.15, 0.2) is 11.4 Å². The quantitative estimate of drug-likeness (QED) is 0.418. The van der Waals surface area contributed by atoms with Crippen LogP contribution in [0, 0.1) is 0 Å². The van der Waals surface area contributed by atoms with Crippen LogP contribution in [0.1, 0.15) is 10.5 Å². The van der Waals surface area contributed by atoms with Gasteiger partial charge in [-0.2, -0.15) is 5.10 Å². The van der Waals surface area contributed by atoms with Crippen LogP contribution in [0.4, 0.5) is 0 Å². The molecule has 0 N–H and O–H groups in total. The van der Waals surface area contributed by atoms with Gasteiger partial charge in [0.1, 0.15) is 12.4 Å². The lowest BCUT2D eigenvalue weighted by Crippen LogP contribution is -2.27. The monoisotopic (exact) mass is 438 g/mol. The number of aromatic nitrogens is 2. The van der Waals surface area contributed by atoms with Crippen molar-refractivity contribution >= 4 is 40.8 Å². The predicted octanol–water partition coefficient (Wildman–Crippen LogP) is 4.50. The topological polar surface area (TPSA) is 70.4 Å². The Morgan fingerprint density at radius 2 is 1.68 bits per heavy atom. The number of ether oxygens (including phenoxy) is 2. The number of esters is 1. The van der Waals surface area contributed by atoms with E-state index in [1.807, 2.05) is 18.2 Å². The Balaban J connectivity index is 1.72. The van der Waals surface area contributed by atoms with Crippen LogP contribution in [0.2, 0.25) is 15.1 Å². The summed E-state index contributed by atoms with van der Waals surface area (Å²) in [6.07, 6.45) is 0. The van der Waals surface area contributed by atoms with Crippen LogP contribution in [0.5, 0.6) is 11.5 Å². The zero-order valence-corrected chi connectivity index (χ0v) is 16.5. The molecule has 0 aliphatic heterocycles. The molecule has 0 saturated carbocycles.